The van der Waals surface area contributed by atoms with Gasteiger partial charge in [0, 0.05) is 17.1 Å². The molecule has 1 aliphatic heterocycles. The second kappa shape index (κ2) is 4.91. The third kappa shape index (κ3) is 2.59. The quantitative estimate of drug-likeness (QED) is 0.755. The molecule has 0 aromatic heterocycles. The Morgan fingerprint density at radius 3 is 2.47 bits per heavy atom. The molecule has 15 heavy (non-hydrogen) atoms. The molecule has 0 aromatic carbocycles. The van der Waals surface area contributed by atoms with Gasteiger partial charge in [-0.1, -0.05) is 0 Å². The summed E-state index contributed by atoms with van der Waals surface area (Å²) in [6.45, 7) is 2.47. The molecule has 1 aliphatic carbocycles. The molecule has 2 nitrogen and oxygen atoms in total. The highest BCUT2D eigenvalue weighted by Crippen LogP contribution is 2.53. The topological polar surface area (TPSA) is 29.5 Å². The maximum atomic E-state index is 9.65. The maximum absolute atomic E-state index is 9.65. The predicted octanol–water partition coefficient (Wildman–Crippen LogP) is 3.54. The van der Waals surface area contributed by atoms with Crippen LogP contribution in [0, 0.1) is 0 Å². The number of hydrogen-bond donors (Lipinski definition) is 1. The maximum Gasteiger partial charge on any atom is 0.275 e. The van der Waals surface area contributed by atoms with Crippen LogP contribution in [0.3, 0.4) is 0 Å². The Labute approximate surface area is 99.8 Å². The molecule has 1 spiro atoms. The lowest BCUT2D eigenvalue weighted by Gasteiger charge is -2.32. The van der Waals surface area contributed by atoms with Gasteiger partial charge in [0.2, 0.25) is 0 Å². The van der Waals surface area contributed by atoms with Crippen LogP contribution in [0.4, 0.5) is 0 Å². The summed E-state index contributed by atoms with van der Waals surface area (Å²) in [5.41, 5.74) is 1.12. The molecule has 0 amide bonds. The zero-order valence-corrected chi connectivity index (χ0v) is 10.8. The molecule has 0 atom stereocenters. The molecule has 2 aliphatic rings. The van der Waals surface area contributed by atoms with Gasteiger partial charge in [-0.2, -0.15) is 0 Å². The van der Waals surface area contributed by atoms with E-state index in [4.69, 9.17) is 4.74 Å². The van der Waals surface area contributed by atoms with Gasteiger partial charge in [-0.25, -0.2) is 0 Å². The van der Waals surface area contributed by atoms with Crippen LogP contribution in [0.5, 0.6) is 0 Å². The largest absolute Gasteiger partial charge is 0.481 e. The van der Waals surface area contributed by atoms with Gasteiger partial charge in [-0.3, -0.25) is 0 Å². The first-order valence-corrected chi connectivity index (χ1v) is 7.54. The van der Waals surface area contributed by atoms with Gasteiger partial charge < -0.3 is 9.84 Å². The minimum Gasteiger partial charge on any atom is -0.481 e. The molecule has 2 fully saturated rings. The van der Waals surface area contributed by atoms with Crippen LogP contribution < -0.4 is 0 Å². The molecule has 1 saturated carbocycles. The second-order valence-corrected chi connectivity index (χ2v) is 7.16. The smallest absolute Gasteiger partial charge is 0.275 e. The summed E-state index contributed by atoms with van der Waals surface area (Å²) >= 11 is 4.22. The number of hydrogen-bond acceptors (Lipinski definition) is 4. The third-order valence-electron chi connectivity index (χ3n) is 3.01. The molecule has 0 bridgehead atoms. The monoisotopic (exact) mass is 246 g/mol. The van der Waals surface area contributed by atoms with Crippen LogP contribution in [0.2, 0.25) is 0 Å². The van der Waals surface area contributed by atoms with E-state index >= 15 is 0 Å². The van der Waals surface area contributed by atoms with E-state index in [0.717, 1.165) is 18.4 Å². The van der Waals surface area contributed by atoms with E-state index in [0.29, 0.717) is 10.7 Å². The normalized spacial score (nSPS) is 24.5. The van der Waals surface area contributed by atoms with Crippen LogP contribution in [0.1, 0.15) is 32.6 Å². The SMILES string of the molecule is CCOC(O)=C1CCC2(CC1)SCCS2. The minimum atomic E-state index is 0.195. The second-order valence-electron chi connectivity index (χ2n) is 3.95. The van der Waals surface area contributed by atoms with Gasteiger partial charge in [0.25, 0.3) is 5.95 Å². The van der Waals surface area contributed by atoms with Gasteiger partial charge in [-0.05, 0) is 32.6 Å². The summed E-state index contributed by atoms with van der Waals surface area (Å²) in [5, 5.41) is 9.65. The fraction of sp³-hybridized carbons (Fsp3) is 0.818. The van der Waals surface area contributed by atoms with Crippen molar-refractivity contribution in [2.24, 2.45) is 0 Å². The van der Waals surface area contributed by atoms with Crippen LogP contribution in [0.25, 0.3) is 0 Å². The van der Waals surface area contributed by atoms with Crippen molar-refractivity contribution in [2.75, 3.05) is 18.1 Å². The Morgan fingerprint density at radius 2 is 1.93 bits per heavy atom. The molecule has 0 unspecified atom stereocenters. The summed E-state index contributed by atoms with van der Waals surface area (Å²) in [6, 6.07) is 0. The Morgan fingerprint density at radius 1 is 1.33 bits per heavy atom. The Hall–Kier alpha value is 0.0400. The first-order valence-electron chi connectivity index (χ1n) is 5.57. The van der Waals surface area contributed by atoms with Gasteiger partial charge in [-0.15, -0.1) is 23.5 Å². The van der Waals surface area contributed by atoms with Crippen LogP contribution in [-0.2, 0) is 4.74 Å². The molecule has 1 heterocycles. The zero-order chi connectivity index (χ0) is 10.7. The fourth-order valence-corrected chi connectivity index (χ4v) is 5.40. The molecule has 86 valence electrons. The Kier molecular flexibility index (Phi) is 3.78. The molecule has 4 heteroatoms. The van der Waals surface area contributed by atoms with E-state index in [1.54, 1.807) is 0 Å². The average Bonchev–Trinajstić information content (AvgIpc) is 2.68. The molecular formula is C11H18O2S2. The number of allylic oxidation sites excluding steroid dienone is 1. The lowest BCUT2D eigenvalue weighted by Crippen LogP contribution is -2.22. The molecule has 1 saturated heterocycles. The van der Waals surface area contributed by atoms with Crippen molar-refractivity contribution in [3.05, 3.63) is 11.5 Å². The van der Waals surface area contributed by atoms with Gasteiger partial charge >= 0.3 is 0 Å². The number of rotatable bonds is 2. The van der Waals surface area contributed by atoms with Crippen molar-refractivity contribution < 1.29 is 9.84 Å². The van der Waals surface area contributed by atoms with Crippen molar-refractivity contribution in [2.45, 2.75) is 36.7 Å². The molecule has 2 rings (SSSR count). The highest BCUT2D eigenvalue weighted by Gasteiger charge is 2.38. The highest BCUT2D eigenvalue weighted by molar-refractivity contribution is 8.21. The first kappa shape index (κ1) is 11.5. The highest BCUT2D eigenvalue weighted by atomic mass is 32.2. The van der Waals surface area contributed by atoms with E-state index in [1.165, 1.54) is 24.3 Å². The van der Waals surface area contributed by atoms with Gasteiger partial charge in [0.1, 0.15) is 0 Å². The lowest BCUT2D eigenvalue weighted by atomic mass is 9.94. The van der Waals surface area contributed by atoms with Crippen molar-refractivity contribution in [3.8, 4) is 0 Å². The first-order chi connectivity index (χ1) is 7.26. The summed E-state index contributed by atoms with van der Waals surface area (Å²) in [6.07, 6.45) is 4.39. The summed E-state index contributed by atoms with van der Waals surface area (Å²) < 4.78 is 5.62. The van der Waals surface area contributed by atoms with E-state index in [1.807, 2.05) is 6.92 Å². The van der Waals surface area contributed by atoms with Crippen molar-refractivity contribution in [1.82, 2.24) is 0 Å². The molecule has 0 aromatic rings. The average molecular weight is 246 g/mol. The number of aliphatic hydroxyl groups is 1. The fourth-order valence-electron chi connectivity index (χ4n) is 2.17. The number of thioether (sulfide) groups is 2. The van der Waals surface area contributed by atoms with Gasteiger partial charge in [0.15, 0.2) is 0 Å². The van der Waals surface area contributed by atoms with Crippen LogP contribution in [-0.4, -0.2) is 27.3 Å². The standard InChI is InChI=1S/C11H18O2S2/c1-2-13-10(12)9-3-5-11(6-4-9)14-7-8-15-11/h12H,2-8H2,1H3. The molecule has 0 radical (unpaired) electrons. The molecule has 1 N–H and O–H groups in total. The van der Waals surface area contributed by atoms with Crippen molar-refractivity contribution in [3.63, 3.8) is 0 Å². The minimum absolute atomic E-state index is 0.195. The summed E-state index contributed by atoms with van der Waals surface area (Å²) in [7, 11) is 0. The van der Waals surface area contributed by atoms with Crippen LogP contribution in [0.15, 0.2) is 11.5 Å². The summed E-state index contributed by atoms with van der Waals surface area (Å²) in [4.78, 5) is 0. The Balaban J connectivity index is 1.94. The van der Waals surface area contributed by atoms with E-state index in [2.05, 4.69) is 23.5 Å². The number of ether oxygens (including phenoxy) is 1. The lowest BCUT2D eigenvalue weighted by molar-refractivity contribution is 0.0945. The van der Waals surface area contributed by atoms with Crippen molar-refractivity contribution in [1.29, 1.82) is 0 Å². The summed E-state index contributed by atoms with van der Waals surface area (Å²) in [5.74, 6) is 2.78. The van der Waals surface area contributed by atoms with E-state index < -0.39 is 0 Å². The van der Waals surface area contributed by atoms with Crippen molar-refractivity contribution >= 4 is 23.5 Å². The van der Waals surface area contributed by atoms with Crippen LogP contribution >= 0.6 is 23.5 Å². The Bertz CT molecular complexity index is 245. The number of aliphatic hydroxyl groups excluding tert-OH is 1. The molecular weight excluding hydrogens is 228 g/mol. The zero-order valence-electron chi connectivity index (χ0n) is 9.12. The third-order valence-corrected chi connectivity index (χ3v) is 6.66. The van der Waals surface area contributed by atoms with E-state index in [-0.39, 0.29) is 5.95 Å². The van der Waals surface area contributed by atoms with E-state index in [9.17, 15) is 5.11 Å². The van der Waals surface area contributed by atoms with Gasteiger partial charge in [0.05, 0.1) is 10.7 Å². The predicted molar refractivity (Wildman–Crippen MR) is 67.4 cm³/mol.